The van der Waals surface area contributed by atoms with Crippen LogP contribution in [-0.4, -0.2) is 50.9 Å². The van der Waals surface area contributed by atoms with Gasteiger partial charge in [0.1, 0.15) is 22.4 Å². The van der Waals surface area contributed by atoms with Gasteiger partial charge in [-0.2, -0.15) is 4.98 Å². The number of anilines is 1. The minimum atomic E-state index is -1.06. The Labute approximate surface area is 314 Å². The van der Waals surface area contributed by atoms with Gasteiger partial charge in [0.15, 0.2) is 28.6 Å². The fraction of sp³-hybridized carbons (Fsp3) is 0.325. The van der Waals surface area contributed by atoms with Crippen molar-refractivity contribution >= 4 is 45.7 Å². The maximum Gasteiger partial charge on any atom is 0.250 e. The van der Waals surface area contributed by atoms with E-state index in [4.69, 9.17) is 46.7 Å². The molecule has 1 amide bonds. The number of hydrogen-bond donors (Lipinski definition) is 5. The molecular formula is C40H36Cl2N6O5. The fourth-order valence-electron chi connectivity index (χ4n) is 8.50. The summed E-state index contributed by atoms with van der Waals surface area (Å²) in [6, 6.07) is 17.0. The van der Waals surface area contributed by atoms with Crippen molar-refractivity contribution in [3.8, 4) is 39.8 Å². The van der Waals surface area contributed by atoms with Gasteiger partial charge >= 0.3 is 0 Å². The van der Waals surface area contributed by atoms with Gasteiger partial charge in [0.2, 0.25) is 11.8 Å². The Hall–Kier alpha value is -4.81. The zero-order valence-electron chi connectivity index (χ0n) is 29.3. The van der Waals surface area contributed by atoms with E-state index >= 15 is 0 Å². The number of aromatic nitrogens is 3. The minimum absolute atomic E-state index is 0.0184. The van der Waals surface area contributed by atoms with Crippen molar-refractivity contribution in [2.24, 2.45) is 11.8 Å². The van der Waals surface area contributed by atoms with Crippen molar-refractivity contribution in [1.82, 2.24) is 25.6 Å². The number of nitrogens with zero attached hydrogens (tertiary/aromatic N) is 2. The smallest absolute Gasteiger partial charge is 0.250 e. The molecule has 3 aromatic carbocycles. The number of benzene rings is 3. The molecule has 4 aliphatic rings. The number of carbonyl (C=O) groups is 1. The summed E-state index contributed by atoms with van der Waals surface area (Å²) >= 11 is 13.9. The first-order valence-electron chi connectivity index (χ1n) is 17.9. The second-order valence-electron chi connectivity index (χ2n) is 15.1. The van der Waals surface area contributed by atoms with Crippen molar-refractivity contribution in [3.63, 3.8) is 0 Å². The number of aliphatic hydroxyl groups is 1. The van der Waals surface area contributed by atoms with Gasteiger partial charge in [0.25, 0.3) is 5.89 Å². The Morgan fingerprint density at radius 2 is 1.81 bits per heavy atom. The van der Waals surface area contributed by atoms with Crippen LogP contribution in [0.1, 0.15) is 62.1 Å². The molecule has 0 saturated carbocycles. The highest BCUT2D eigenvalue weighted by molar-refractivity contribution is 6.37. The summed E-state index contributed by atoms with van der Waals surface area (Å²) < 4.78 is 20.5. The molecule has 0 fully saturated rings. The van der Waals surface area contributed by atoms with Gasteiger partial charge in [-0.25, -0.2) is 4.98 Å². The van der Waals surface area contributed by atoms with E-state index in [0.29, 0.717) is 46.0 Å². The average Bonchev–Trinajstić information content (AvgIpc) is 3.93. The summed E-state index contributed by atoms with van der Waals surface area (Å²) in [5.74, 6) is 1.52. The van der Waals surface area contributed by atoms with Gasteiger partial charge in [0, 0.05) is 39.8 Å². The summed E-state index contributed by atoms with van der Waals surface area (Å²) in [5.41, 5.74) is 6.09. The Kier molecular flexibility index (Phi) is 7.18. The lowest BCUT2D eigenvalue weighted by molar-refractivity contribution is -0.124. The molecular weight excluding hydrogens is 715 g/mol. The summed E-state index contributed by atoms with van der Waals surface area (Å²) in [7, 11) is 0. The molecule has 53 heavy (non-hydrogen) atoms. The number of rotatable bonds is 5. The van der Waals surface area contributed by atoms with Crippen LogP contribution in [0.3, 0.4) is 0 Å². The van der Waals surface area contributed by atoms with Crippen LogP contribution in [0.4, 0.5) is 5.69 Å². The van der Waals surface area contributed by atoms with E-state index in [1.54, 1.807) is 0 Å². The number of fused-ring (bicyclic) bond motifs is 7. The van der Waals surface area contributed by atoms with E-state index in [2.05, 4.69) is 45.2 Å². The molecule has 5 unspecified atom stereocenters. The molecule has 3 aromatic heterocycles. The zero-order valence-corrected chi connectivity index (χ0v) is 30.8. The summed E-state index contributed by atoms with van der Waals surface area (Å²) in [6.45, 7) is 8.16. The van der Waals surface area contributed by atoms with E-state index in [-0.39, 0.29) is 35.3 Å². The van der Waals surface area contributed by atoms with E-state index in [1.165, 1.54) is 0 Å². The van der Waals surface area contributed by atoms with E-state index < -0.39 is 29.8 Å². The number of aliphatic hydroxyl groups excluding tert-OH is 1. The third kappa shape index (κ3) is 4.57. The molecule has 10 rings (SSSR count). The molecule has 270 valence electrons. The SMILES string of the molecule is CC(C)C(O)CNC1Cc2ccc3c(c2)C24c5cccc(c5NC2O3)-c2cccc3[nH]c(Cl)c(c23)-c2oc(nc2Cl)-c2nc(oc24)C(C(C)C)NC1=O. The number of carbonyl (C=O) groups excluding carboxylic acids is 1. The van der Waals surface area contributed by atoms with E-state index in [9.17, 15) is 9.90 Å². The predicted molar refractivity (Wildman–Crippen MR) is 201 cm³/mol. The van der Waals surface area contributed by atoms with E-state index in [0.717, 1.165) is 44.4 Å². The van der Waals surface area contributed by atoms with Crippen molar-refractivity contribution in [2.75, 3.05) is 11.9 Å². The van der Waals surface area contributed by atoms with Gasteiger partial charge in [-0.3, -0.25) is 4.79 Å². The first kappa shape index (κ1) is 32.8. The third-order valence-corrected chi connectivity index (χ3v) is 11.8. The zero-order chi connectivity index (χ0) is 36.5. The lowest BCUT2D eigenvalue weighted by Gasteiger charge is -2.29. The second-order valence-corrected chi connectivity index (χ2v) is 15.9. The number of hydrogen-bond acceptors (Lipinski definition) is 9. The molecule has 0 radical (unpaired) electrons. The molecule has 6 aromatic rings. The lowest BCUT2D eigenvalue weighted by Crippen LogP contribution is -2.50. The van der Waals surface area contributed by atoms with Crippen LogP contribution in [0.2, 0.25) is 10.3 Å². The Morgan fingerprint density at radius 3 is 2.62 bits per heavy atom. The van der Waals surface area contributed by atoms with Crippen LogP contribution in [0.15, 0.2) is 63.4 Å². The molecule has 10 bridgehead atoms. The number of ether oxygens (including phenoxy) is 1. The number of aromatic amines is 1. The molecule has 7 heterocycles. The minimum Gasteiger partial charge on any atom is -0.469 e. The summed E-state index contributed by atoms with van der Waals surface area (Å²) in [5, 5.41) is 22.4. The maximum atomic E-state index is 14.2. The van der Waals surface area contributed by atoms with Gasteiger partial charge in [0.05, 0.1) is 17.7 Å². The summed E-state index contributed by atoms with van der Waals surface area (Å²) in [6.07, 6.45) is -0.905. The second kappa shape index (κ2) is 11.6. The normalized spacial score (nSPS) is 22.6. The number of halogens is 2. The van der Waals surface area contributed by atoms with Gasteiger partial charge in [-0.05, 0) is 41.5 Å². The molecule has 13 heteroatoms. The standard InChI is InChI=1S/C40H36Cl2N6O5/c1-16(2)25(49)15-43-24-14-18-11-12-26-22(13-18)40-21-9-5-8-20(30(21)47-39(40)51-26)19-7-6-10-23-27(19)28(34(41)44-23)32-35(42)48-38(52-32)31-33(40)53-37(46-31)29(17(3)4)45-36(24)50/h5-13,16-17,24-25,29,39,43-44,47,49H,14-15H2,1-4H3,(H,45,50). The number of H-pyrrole nitrogens is 1. The number of nitrogens with one attached hydrogen (secondary N) is 4. The predicted octanol–water partition coefficient (Wildman–Crippen LogP) is 7.59. The van der Waals surface area contributed by atoms with Crippen molar-refractivity contribution in [3.05, 3.63) is 93.2 Å². The van der Waals surface area contributed by atoms with Crippen molar-refractivity contribution < 1.29 is 23.5 Å². The maximum absolute atomic E-state index is 14.2. The largest absolute Gasteiger partial charge is 0.469 e. The third-order valence-electron chi connectivity index (χ3n) is 11.3. The molecule has 1 spiro atoms. The van der Waals surface area contributed by atoms with Gasteiger partial charge in [-0.15, -0.1) is 0 Å². The Morgan fingerprint density at radius 1 is 1.00 bits per heavy atom. The Balaban J connectivity index is 1.30. The van der Waals surface area contributed by atoms with Crippen LogP contribution in [0, 0.1) is 11.8 Å². The highest BCUT2D eigenvalue weighted by Crippen LogP contribution is 2.62. The number of para-hydroxylation sites is 1. The lowest BCUT2D eigenvalue weighted by atomic mass is 9.72. The highest BCUT2D eigenvalue weighted by Gasteiger charge is 2.61. The molecule has 5 N–H and O–H groups in total. The van der Waals surface area contributed by atoms with Crippen molar-refractivity contribution in [2.45, 2.75) is 63.9 Å². The average molecular weight is 752 g/mol. The number of amides is 1. The molecule has 4 aliphatic heterocycles. The van der Waals surface area contributed by atoms with Crippen molar-refractivity contribution in [1.29, 1.82) is 0 Å². The van der Waals surface area contributed by atoms with Crippen LogP contribution in [0.5, 0.6) is 5.75 Å². The number of oxazole rings is 2. The monoisotopic (exact) mass is 750 g/mol. The first-order valence-corrected chi connectivity index (χ1v) is 18.7. The summed E-state index contributed by atoms with van der Waals surface area (Å²) in [4.78, 5) is 27.4. The fourth-order valence-corrected chi connectivity index (χ4v) is 9.00. The molecule has 5 atom stereocenters. The van der Waals surface area contributed by atoms with E-state index in [1.807, 2.05) is 58.0 Å². The molecule has 0 aliphatic carbocycles. The topological polar surface area (TPSA) is 150 Å². The van der Waals surface area contributed by atoms with Gasteiger partial charge < -0.3 is 39.6 Å². The van der Waals surface area contributed by atoms with Crippen LogP contribution in [0.25, 0.3) is 44.9 Å². The van der Waals surface area contributed by atoms with Gasteiger partial charge in [-0.1, -0.05) is 93.4 Å². The first-order chi connectivity index (χ1) is 25.5. The quantitative estimate of drug-likeness (QED) is 0.120. The Bertz CT molecular complexity index is 2500. The highest BCUT2D eigenvalue weighted by atomic mass is 35.5. The van der Waals surface area contributed by atoms with Crippen LogP contribution < -0.4 is 20.7 Å². The van der Waals surface area contributed by atoms with Crippen LogP contribution in [-0.2, 0) is 16.6 Å². The molecule has 11 nitrogen and oxygen atoms in total. The van der Waals surface area contributed by atoms with Crippen LogP contribution >= 0.6 is 23.2 Å². The molecule has 0 saturated heterocycles.